The van der Waals surface area contributed by atoms with Gasteiger partial charge in [-0.1, -0.05) is 0 Å². The molecule has 0 aliphatic rings. The molecule has 0 radical (unpaired) electrons. The van der Waals surface area contributed by atoms with Crippen LogP contribution in [0.15, 0.2) is 0 Å². The topological polar surface area (TPSA) is 46.5 Å². The molecule has 0 aromatic rings. The smallest absolute Gasteiger partial charge is 0.396 e. The van der Waals surface area contributed by atoms with Gasteiger partial charge in [-0.05, 0) is 26.2 Å². The van der Waals surface area contributed by atoms with Gasteiger partial charge in [-0.3, -0.25) is 4.79 Å². The third kappa shape index (κ3) is 8.67. The fourth-order valence-electron chi connectivity index (χ4n) is 1.33. The van der Waals surface area contributed by atoms with Crippen LogP contribution in [0.3, 0.4) is 0 Å². The first-order valence-electron chi connectivity index (χ1n) is 5.12. The van der Waals surface area contributed by atoms with Crippen LogP contribution >= 0.6 is 0 Å². The number of aliphatic hydroxyl groups excluding tert-OH is 1. The zero-order chi connectivity index (χ0) is 12.6. The Bertz CT molecular complexity index is 204. The first-order chi connectivity index (χ1) is 7.37. The van der Waals surface area contributed by atoms with Crippen molar-refractivity contribution in [2.24, 2.45) is 5.92 Å². The maximum Gasteiger partial charge on any atom is 0.411 e. The fourth-order valence-corrected chi connectivity index (χ4v) is 1.33. The molecular weight excluding hydrogens is 225 g/mol. The van der Waals surface area contributed by atoms with Gasteiger partial charge in [0, 0.05) is 19.1 Å². The predicted octanol–water partition coefficient (Wildman–Crippen LogP) is 1.93. The van der Waals surface area contributed by atoms with E-state index in [-0.39, 0.29) is 24.9 Å². The Morgan fingerprint density at radius 2 is 2.00 bits per heavy atom. The second kappa shape index (κ2) is 7.62. The summed E-state index contributed by atoms with van der Waals surface area (Å²) in [7, 11) is 0. The maximum absolute atomic E-state index is 11.7. The third-order valence-corrected chi connectivity index (χ3v) is 2.16. The van der Waals surface area contributed by atoms with E-state index in [0.717, 1.165) is 0 Å². The monoisotopic (exact) mass is 242 g/mol. The largest absolute Gasteiger partial charge is 0.411 e. The lowest BCUT2D eigenvalue weighted by molar-refractivity contribution is -0.174. The first-order valence-corrected chi connectivity index (χ1v) is 5.12. The number of aliphatic hydroxyl groups is 1. The van der Waals surface area contributed by atoms with E-state index in [1.807, 2.05) is 0 Å². The Morgan fingerprint density at radius 3 is 2.44 bits per heavy atom. The van der Waals surface area contributed by atoms with Crippen molar-refractivity contribution in [1.82, 2.24) is 0 Å². The molecular formula is C10H17F3O3. The molecule has 0 aromatic carbocycles. The van der Waals surface area contributed by atoms with Crippen LogP contribution in [0.1, 0.15) is 26.2 Å². The van der Waals surface area contributed by atoms with Crippen LogP contribution in [0.4, 0.5) is 13.2 Å². The van der Waals surface area contributed by atoms with Gasteiger partial charge in [0.1, 0.15) is 12.4 Å². The number of hydrogen-bond acceptors (Lipinski definition) is 3. The highest BCUT2D eigenvalue weighted by molar-refractivity contribution is 5.78. The van der Waals surface area contributed by atoms with Gasteiger partial charge in [0.25, 0.3) is 0 Å². The number of carbonyl (C=O) groups is 1. The average molecular weight is 242 g/mol. The molecule has 0 saturated heterocycles. The van der Waals surface area contributed by atoms with Crippen molar-refractivity contribution < 1.29 is 27.8 Å². The molecule has 0 fully saturated rings. The van der Waals surface area contributed by atoms with Crippen LogP contribution < -0.4 is 0 Å². The Morgan fingerprint density at radius 1 is 1.38 bits per heavy atom. The van der Waals surface area contributed by atoms with E-state index in [9.17, 15) is 18.0 Å². The number of rotatable bonds is 8. The molecule has 1 N–H and O–H groups in total. The number of Topliss-reactive ketones (excluding diaryl/α,β-unsaturated/α-hetero) is 1. The molecule has 16 heavy (non-hydrogen) atoms. The summed E-state index contributed by atoms with van der Waals surface area (Å²) < 4.78 is 39.4. The summed E-state index contributed by atoms with van der Waals surface area (Å²) in [6, 6.07) is 0. The fraction of sp³-hybridized carbons (Fsp3) is 0.900. The number of alkyl halides is 3. The Labute approximate surface area is 92.6 Å². The molecule has 96 valence electrons. The van der Waals surface area contributed by atoms with Crippen LogP contribution in [0.25, 0.3) is 0 Å². The lowest BCUT2D eigenvalue weighted by Crippen LogP contribution is -2.18. The van der Waals surface area contributed by atoms with Crippen molar-refractivity contribution in [3.05, 3.63) is 0 Å². The van der Waals surface area contributed by atoms with Crippen molar-refractivity contribution in [2.45, 2.75) is 32.4 Å². The van der Waals surface area contributed by atoms with Crippen LogP contribution in [-0.2, 0) is 9.53 Å². The van der Waals surface area contributed by atoms with Gasteiger partial charge in [-0.25, -0.2) is 0 Å². The normalized spacial score (nSPS) is 13.8. The average Bonchev–Trinajstić information content (AvgIpc) is 2.13. The van der Waals surface area contributed by atoms with Crippen molar-refractivity contribution in [3.8, 4) is 0 Å². The molecule has 1 atom stereocenters. The summed E-state index contributed by atoms with van der Waals surface area (Å²) in [5.74, 6) is -0.329. The molecule has 0 aromatic heterocycles. The van der Waals surface area contributed by atoms with Crippen molar-refractivity contribution in [1.29, 1.82) is 0 Å². The summed E-state index contributed by atoms with van der Waals surface area (Å²) in [5, 5.41) is 8.66. The number of hydrogen-bond donors (Lipinski definition) is 1. The summed E-state index contributed by atoms with van der Waals surface area (Å²) in [6.45, 7) is 0.0526. The molecule has 0 aliphatic carbocycles. The maximum atomic E-state index is 11.7. The van der Waals surface area contributed by atoms with Crippen LogP contribution in [-0.4, -0.2) is 36.9 Å². The summed E-state index contributed by atoms with van der Waals surface area (Å²) in [5.41, 5.74) is 0. The number of halogens is 3. The standard InChI is InChI=1S/C10H17F3O3/c1-8(15)9(4-5-14)3-2-6-16-7-10(11,12)13/h9,14H,2-7H2,1H3. The Hall–Kier alpha value is -0.620. The van der Waals surface area contributed by atoms with Gasteiger partial charge in [-0.2, -0.15) is 13.2 Å². The van der Waals surface area contributed by atoms with E-state index in [4.69, 9.17) is 5.11 Å². The van der Waals surface area contributed by atoms with Gasteiger partial charge in [0.15, 0.2) is 0 Å². The van der Waals surface area contributed by atoms with Gasteiger partial charge >= 0.3 is 6.18 Å². The molecule has 0 heterocycles. The second-order valence-electron chi connectivity index (χ2n) is 3.63. The lowest BCUT2D eigenvalue weighted by Gasteiger charge is -2.12. The third-order valence-electron chi connectivity index (χ3n) is 2.16. The molecule has 0 aliphatic heterocycles. The van der Waals surface area contributed by atoms with E-state index in [2.05, 4.69) is 4.74 Å². The highest BCUT2D eigenvalue weighted by atomic mass is 19.4. The molecule has 3 nitrogen and oxygen atoms in total. The molecule has 0 spiro atoms. The summed E-state index contributed by atoms with van der Waals surface area (Å²) in [4.78, 5) is 11.0. The minimum atomic E-state index is -4.30. The lowest BCUT2D eigenvalue weighted by atomic mass is 9.96. The van der Waals surface area contributed by atoms with E-state index in [0.29, 0.717) is 19.3 Å². The van der Waals surface area contributed by atoms with E-state index < -0.39 is 12.8 Å². The van der Waals surface area contributed by atoms with Crippen LogP contribution in [0, 0.1) is 5.92 Å². The van der Waals surface area contributed by atoms with Gasteiger partial charge < -0.3 is 9.84 Å². The minimum absolute atomic E-state index is 0.0191. The Balaban J connectivity index is 3.59. The van der Waals surface area contributed by atoms with E-state index in [1.165, 1.54) is 6.92 Å². The van der Waals surface area contributed by atoms with Crippen LogP contribution in [0.2, 0.25) is 0 Å². The highest BCUT2D eigenvalue weighted by Gasteiger charge is 2.27. The predicted molar refractivity (Wildman–Crippen MR) is 52.0 cm³/mol. The quantitative estimate of drug-likeness (QED) is 0.661. The number of ether oxygens (including phenoxy) is 1. The summed E-state index contributed by atoms with van der Waals surface area (Å²) in [6.07, 6.45) is -3.10. The van der Waals surface area contributed by atoms with Crippen molar-refractivity contribution >= 4 is 5.78 Å². The van der Waals surface area contributed by atoms with Gasteiger partial charge in [-0.15, -0.1) is 0 Å². The van der Waals surface area contributed by atoms with Crippen molar-refractivity contribution in [3.63, 3.8) is 0 Å². The number of carbonyl (C=O) groups excluding carboxylic acids is 1. The minimum Gasteiger partial charge on any atom is -0.396 e. The SMILES string of the molecule is CC(=O)C(CCO)CCCOCC(F)(F)F. The van der Waals surface area contributed by atoms with E-state index in [1.54, 1.807) is 0 Å². The molecule has 0 saturated carbocycles. The number of ketones is 1. The molecule has 6 heteroatoms. The zero-order valence-corrected chi connectivity index (χ0v) is 9.22. The van der Waals surface area contributed by atoms with Crippen LogP contribution in [0.5, 0.6) is 0 Å². The van der Waals surface area contributed by atoms with Gasteiger partial charge in [0.05, 0.1) is 0 Å². The summed E-state index contributed by atoms with van der Waals surface area (Å²) >= 11 is 0. The molecule has 1 unspecified atom stereocenters. The molecule has 0 rings (SSSR count). The highest BCUT2D eigenvalue weighted by Crippen LogP contribution is 2.16. The molecule has 0 bridgehead atoms. The second-order valence-corrected chi connectivity index (χ2v) is 3.63. The van der Waals surface area contributed by atoms with Crippen molar-refractivity contribution in [2.75, 3.05) is 19.8 Å². The van der Waals surface area contributed by atoms with Gasteiger partial charge in [0.2, 0.25) is 0 Å². The van der Waals surface area contributed by atoms with E-state index >= 15 is 0 Å². The Kier molecular flexibility index (Phi) is 7.33. The first kappa shape index (κ1) is 15.4. The zero-order valence-electron chi connectivity index (χ0n) is 9.22. The molecule has 0 amide bonds.